The number of ether oxygens (including phenoxy) is 1. The van der Waals surface area contributed by atoms with Crippen LogP contribution < -0.4 is 0 Å². The normalized spacial score (nSPS) is 25.0. The van der Waals surface area contributed by atoms with Crippen molar-refractivity contribution >= 4 is 11.9 Å². The molecule has 1 aliphatic rings. The van der Waals surface area contributed by atoms with Crippen LogP contribution in [0.5, 0.6) is 0 Å². The van der Waals surface area contributed by atoms with Crippen LogP contribution in [0.3, 0.4) is 0 Å². The van der Waals surface area contributed by atoms with E-state index < -0.39 is 11.9 Å². The summed E-state index contributed by atoms with van der Waals surface area (Å²) in [6, 6.07) is 6.22. The zero-order valence-corrected chi connectivity index (χ0v) is 13.4. The standard InChI is InChI=1S/C18H24O4/c1-11(2)13-9-8-12(3)10-16(13)22-18(21)15-7-5-4-6-14(15)17(19)20/h4-7,11-13,16H,8-10H2,1-3H3,(H,19,20)/t12-,13+,16+/m0/s1. The number of aromatic carboxylic acids is 1. The first-order valence-corrected chi connectivity index (χ1v) is 7.93. The Morgan fingerprint density at radius 2 is 1.82 bits per heavy atom. The number of carbonyl (C=O) groups excluding carboxylic acids is 1. The van der Waals surface area contributed by atoms with Gasteiger partial charge in [-0.1, -0.05) is 39.3 Å². The molecular weight excluding hydrogens is 280 g/mol. The second-order valence-electron chi connectivity index (χ2n) is 6.62. The maximum atomic E-state index is 12.4. The smallest absolute Gasteiger partial charge is 0.339 e. The van der Waals surface area contributed by atoms with Crippen molar-refractivity contribution < 1.29 is 19.4 Å². The minimum Gasteiger partial charge on any atom is -0.478 e. The lowest BCUT2D eigenvalue weighted by atomic mass is 9.75. The van der Waals surface area contributed by atoms with Gasteiger partial charge >= 0.3 is 11.9 Å². The highest BCUT2D eigenvalue weighted by atomic mass is 16.5. The Labute approximate surface area is 131 Å². The third-order valence-corrected chi connectivity index (χ3v) is 4.60. The van der Waals surface area contributed by atoms with E-state index in [1.807, 2.05) is 0 Å². The molecule has 0 radical (unpaired) electrons. The highest BCUT2D eigenvalue weighted by Gasteiger charge is 2.34. The van der Waals surface area contributed by atoms with Crippen molar-refractivity contribution in [3.8, 4) is 0 Å². The van der Waals surface area contributed by atoms with E-state index >= 15 is 0 Å². The van der Waals surface area contributed by atoms with E-state index in [2.05, 4.69) is 20.8 Å². The third kappa shape index (κ3) is 3.67. The molecule has 0 amide bonds. The van der Waals surface area contributed by atoms with E-state index in [-0.39, 0.29) is 17.2 Å². The molecule has 1 aliphatic carbocycles. The van der Waals surface area contributed by atoms with E-state index in [1.54, 1.807) is 12.1 Å². The second-order valence-corrected chi connectivity index (χ2v) is 6.62. The van der Waals surface area contributed by atoms with Crippen molar-refractivity contribution in [3.05, 3.63) is 35.4 Å². The monoisotopic (exact) mass is 304 g/mol. The molecule has 22 heavy (non-hydrogen) atoms. The van der Waals surface area contributed by atoms with E-state index in [9.17, 15) is 14.7 Å². The summed E-state index contributed by atoms with van der Waals surface area (Å²) < 4.78 is 5.71. The van der Waals surface area contributed by atoms with Gasteiger partial charge in [-0.25, -0.2) is 9.59 Å². The van der Waals surface area contributed by atoms with Crippen molar-refractivity contribution in [1.82, 2.24) is 0 Å². The maximum absolute atomic E-state index is 12.4. The first-order valence-electron chi connectivity index (χ1n) is 7.93. The third-order valence-electron chi connectivity index (χ3n) is 4.60. The van der Waals surface area contributed by atoms with E-state index in [0.29, 0.717) is 17.8 Å². The molecule has 0 aliphatic heterocycles. The van der Waals surface area contributed by atoms with Crippen LogP contribution in [0.15, 0.2) is 24.3 Å². The molecule has 1 N–H and O–H groups in total. The van der Waals surface area contributed by atoms with Gasteiger partial charge in [-0.3, -0.25) is 0 Å². The van der Waals surface area contributed by atoms with Crippen molar-refractivity contribution in [2.45, 2.75) is 46.1 Å². The quantitative estimate of drug-likeness (QED) is 0.854. The molecule has 2 rings (SSSR count). The Balaban J connectivity index is 2.18. The molecule has 4 nitrogen and oxygen atoms in total. The van der Waals surface area contributed by atoms with Gasteiger partial charge in [0.15, 0.2) is 0 Å². The van der Waals surface area contributed by atoms with Crippen molar-refractivity contribution in [1.29, 1.82) is 0 Å². The Bertz CT molecular complexity index is 550. The number of hydrogen-bond donors (Lipinski definition) is 1. The van der Waals surface area contributed by atoms with Crippen LogP contribution in [0.25, 0.3) is 0 Å². The molecule has 4 heteroatoms. The average Bonchev–Trinajstić information content (AvgIpc) is 2.46. The van der Waals surface area contributed by atoms with Gasteiger partial charge in [0.05, 0.1) is 11.1 Å². The molecule has 0 unspecified atom stereocenters. The summed E-state index contributed by atoms with van der Waals surface area (Å²) in [5, 5.41) is 9.19. The first kappa shape index (κ1) is 16.5. The fourth-order valence-corrected chi connectivity index (χ4v) is 3.30. The highest BCUT2D eigenvalue weighted by molar-refractivity contribution is 6.02. The van der Waals surface area contributed by atoms with Gasteiger partial charge in [0.1, 0.15) is 6.10 Å². The number of benzene rings is 1. The van der Waals surface area contributed by atoms with Gasteiger partial charge in [0, 0.05) is 0 Å². The maximum Gasteiger partial charge on any atom is 0.339 e. The number of carboxylic acid groups (broad SMARTS) is 1. The number of esters is 1. The van der Waals surface area contributed by atoms with Crippen molar-refractivity contribution in [3.63, 3.8) is 0 Å². The zero-order chi connectivity index (χ0) is 16.3. The lowest BCUT2D eigenvalue weighted by molar-refractivity contribution is -0.0176. The van der Waals surface area contributed by atoms with Crippen LogP contribution >= 0.6 is 0 Å². The van der Waals surface area contributed by atoms with Crippen LogP contribution in [0.2, 0.25) is 0 Å². The molecule has 0 spiro atoms. The molecule has 1 aromatic carbocycles. The Morgan fingerprint density at radius 1 is 1.18 bits per heavy atom. The lowest BCUT2D eigenvalue weighted by Crippen LogP contribution is -2.36. The number of carboxylic acids is 1. The summed E-state index contributed by atoms with van der Waals surface area (Å²) in [6.45, 7) is 6.46. The lowest BCUT2D eigenvalue weighted by Gasteiger charge is -2.36. The number of rotatable bonds is 4. The Kier molecular flexibility index (Phi) is 5.22. The molecule has 0 saturated heterocycles. The second kappa shape index (κ2) is 6.95. The molecule has 1 saturated carbocycles. The topological polar surface area (TPSA) is 63.6 Å². The number of hydrogen-bond acceptors (Lipinski definition) is 3. The Hall–Kier alpha value is -1.84. The minimum absolute atomic E-state index is 0.00236. The van der Waals surface area contributed by atoms with E-state index in [0.717, 1.165) is 19.3 Å². The molecule has 0 heterocycles. The van der Waals surface area contributed by atoms with Crippen LogP contribution in [-0.2, 0) is 4.74 Å². The van der Waals surface area contributed by atoms with E-state index in [4.69, 9.17) is 4.74 Å². The largest absolute Gasteiger partial charge is 0.478 e. The van der Waals surface area contributed by atoms with Gasteiger partial charge in [0.2, 0.25) is 0 Å². The first-order chi connectivity index (χ1) is 10.4. The number of carbonyl (C=O) groups is 2. The molecule has 0 bridgehead atoms. The highest BCUT2D eigenvalue weighted by Crippen LogP contribution is 2.35. The summed E-state index contributed by atoms with van der Waals surface area (Å²) in [5.41, 5.74) is 0.133. The minimum atomic E-state index is -1.11. The predicted molar refractivity (Wildman–Crippen MR) is 83.9 cm³/mol. The molecule has 0 aromatic heterocycles. The summed E-state index contributed by atoms with van der Waals surface area (Å²) in [7, 11) is 0. The van der Waals surface area contributed by atoms with Crippen molar-refractivity contribution in [2.75, 3.05) is 0 Å². The summed E-state index contributed by atoms with van der Waals surface area (Å²) in [5.74, 6) is -0.313. The summed E-state index contributed by atoms with van der Waals surface area (Å²) in [4.78, 5) is 23.7. The SMILES string of the molecule is CC(C)[C@H]1CC[C@H](C)C[C@H]1OC(=O)c1ccccc1C(=O)O. The molecule has 1 fully saturated rings. The molecule has 3 atom stereocenters. The van der Waals surface area contributed by atoms with Crippen molar-refractivity contribution in [2.24, 2.45) is 17.8 Å². The van der Waals surface area contributed by atoms with Gasteiger partial charge < -0.3 is 9.84 Å². The Morgan fingerprint density at radius 3 is 2.41 bits per heavy atom. The summed E-state index contributed by atoms with van der Waals surface area (Å²) in [6.07, 6.45) is 2.93. The molecular formula is C18H24O4. The molecule has 1 aromatic rings. The fraction of sp³-hybridized carbons (Fsp3) is 0.556. The predicted octanol–water partition coefficient (Wildman–Crippen LogP) is 4.00. The van der Waals surface area contributed by atoms with E-state index in [1.165, 1.54) is 12.1 Å². The average molecular weight is 304 g/mol. The van der Waals surface area contributed by atoms with Gasteiger partial charge in [-0.2, -0.15) is 0 Å². The van der Waals surface area contributed by atoms with Crippen LogP contribution in [0, 0.1) is 17.8 Å². The van der Waals surface area contributed by atoms with Gasteiger partial charge in [-0.15, -0.1) is 0 Å². The summed E-state index contributed by atoms with van der Waals surface area (Å²) >= 11 is 0. The van der Waals surface area contributed by atoms with Gasteiger partial charge in [-0.05, 0) is 42.7 Å². The van der Waals surface area contributed by atoms with Crippen LogP contribution in [0.4, 0.5) is 0 Å². The molecule has 120 valence electrons. The fourth-order valence-electron chi connectivity index (χ4n) is 3.30. The van der Waals surface area contributed by atoms with Crippen LogP contribution in [-0.4, -0.2) is 23.1 Å². The van der Waals surface area contributed by atoms with Gasteiger partial charge in [0.25, 0.3) is 0 Å². The zero-order valence-electron chi connectivity index (χ0n) is 13.4. The van der Waals surface area contributed by atoms with Crippen LogP contribution in [0.1, 0.15) is 60.7 Å².